The number of alkyl halides is 3. The molecule has 0 bridgehead atoms. The number of halogens is 3. The van der Waals surface area contributed by atoms with E-state index in [2.05, 4.69) is 26.9 Å². The largest absolute Gasteiger partial charge is 0.416 e. The maximum absolute atomic E-state index is 13.2. The van der Waals surface area contributed by atoms with E-state index in [0.717, 1.165) is 6.07 Å². The predicted molar refractivity (Wildman–Crippen MR) is 93.0 cm³/mol. The molecule has 0 saturated carbocycles. The van der Waals surface area contributed by atoms with Crippen LogP contribution in [0.4, 0.5) is 18.9 Å². The average molecular weight is 378 g/mol. The zero-order valence-electron chi connectivity index (χ0n) is 15.2. The van der Waals surface area contributed by atoms with Gasteiger partial charge in [0.05, 0.1) is 10.5 Å². The highest BCUT2D eigenvalue weighted by Gasteiger charge is 2.35. The molecule has 1 aromatic carbocycles. The van der Waals surface area contributed by atoms with E-state index in [9.17, 15) is 23.3 Å². The van der Waals surface area contributed by atoms with Crippen LogP contribution in [0.3, 0.4) is 0 Å². The Hall–Kier alpha value is -1.45. The summed E-state index contributed by atoms with van der Waals surface area (Å²) >= 11 is 0. The first-order valence-electron chi connectivity index (χ1n) is 8.01. The van der Waals surface area contributed by atoms with Crippen LogP contribution >= 0.6 is 0 Å². The van der Waals surface area contributed by atoms with Crippen molar-refractivity contribution >= 4 is 14.0 Å². The summed E-state index contributed by atoms with van der Waals surface area (Å²) in [6.45, 7) is 9.38. The summed E-state index contributed by atoms with van der Waals surface area (Å²) < 4.78 is 45.5. The minimum absolute atomic E-state index is 0.0148. The van der Waals surface area contributed by atoms with Crippen LogP contribution in [0.5, 0.6) is 0 Å². The van der Waals surface area contributed by atoms with E-state index in [1.807, 2.05) is 0 Å². The van der Waals surface area contributed by atoms with Crippen LogP contribution in [-0.2, 0) is 17.1 Å². The average Bonchev–Trinajstić information content (AvgIpc) is 2.45. The number of nitro benzene ring substituents is 1. The molecule has 0 N–H and O–H groups in total. The topological polar surface area (TPSA) is 55.6 Å². The van der Waals surface area contributed by atoms with Crippen LogP contribution in [0.2, 0.25) is 18.6 Å². The van der Waals surface area contributed by atoms with Crippen molar-refractivity contribution in [1.82, 2.24) is 4.90 Å². The summed E-state index contributed by atoms with van der Waals surface area (Å²) in [5.41, 5.74) is -1.07. The molecule has 0 aliphatic carbocycles. The number of rotatable bonds is 8. The lowest BCUT2D eigenvalue weighted by Gasteiger charge is -2.28. The number of non-ortho nitro benzene ring substituents is 1. The molecule has 0 aliphatic rings. The fraction of sp³-hybridized carbons (Fsp3) is 0.625. The van der Waals surface area contributed by atoms with Crippen LogP contribution in [0, 0.1) is 10.1 Å². The van der Waals surface area contributed by atoms with Gasteiger partial charge in [-0.2, -0.15) is 13.2 Å². The second kappa shape index (κ2) is 8.28. The molecule has 0 saturated heterocycles. The van der Waals surface area contributed by atoms with Crippen molar-refractivity contribution < 1.29 is 22.5 Å². The number of hydrogen-bond acceptors (Lipinski definition) is 4. The van der Waals surface area contributed by atoms with Gasteiger partial charge in [-0.3, -0.25) is 15.0 Å². The molecule has 0 fully saturated rings. The van der Waals surface area contributed by atoms with Crippen molar-refractivity contribution in [3.05, 3.63) is 39.4 Å². The first-order valence-corrected chi connectivity index (χ1v) is 11.0. The SMILES string of the molecule is CC(C)[Si](C)(C)OCCN(C)Cc1ccc([N+](=O)[O-])cc1C(F)(F)F. The van der Waals surface area contributed by atoms with Gasteiger partial charge < -0.3 is 4.43 Å². The molecule has 0 atom stereocenters. The van der Waals surface area contributed by atoms with E-state index in [1.54, 1.807) is 11.9 Å². The van der Waals surface area contributed by atoms with Crippen molar-refractivity contribution in [2.45, 2.75) is 45.2 Å². The Morgan fingerprint density at radius 2 is 1.92 bits per heavy atom. The fourth-order valence-corrected chi connectivity index (χ4v) is 3.03. The summed E-state index contributed by atoms with van der Waals surface area (Å²) in [6.07, 6.45) is -4.63. The molecule has 25 heavy (non-hydrogen) atoms. The van der Waals surface area contributed by atoms with E-state index in [1.165, 1.54) is 6.07 Å². The summed E-state index contributed by atoms with van der Waals surface area (Å²) in [4.78, 5) is 11.6. The monoisotopic (exact) mass is 378 g/mol. The third-order valence-electron chi connectivity index (χ3n) is 4.39. The molecule has 9 heteroatoms. The summed E-state index contributed by atoms with van der Waals surface area (Å²) in [5.74, 6) is 0. The molecule has 1 aromatic rings. The minimum atomic E-state index is -4.63. The van der Waals surface area contributed by atoms with E-state index < -0.39 is 30.7 Å². The molecule has 0 aromatic heterocycles. The molecular formula is C16H25F3N2O3Si. The van der Waals surface area contributed by atoms with Crippen LogP contribution in [-0.4, -0.2) is 38.3 Å². The second-order valence-electron chi connectivity index (χ2n) is 6.94. The molecular weight excluding hydrogens is 353 g/mol. The highest BCUT2D eigenvalue weighted by molar-refractivity contribution is 6.72. The molecule has 0 aliphatic heterocycles. The number of benzene rings is 1. The lowest BCUT2D eigenvalue weighted by Crippen LogP contribution is -2.37. The van der Waals surface area contributed by atoms with Crippen molar-refractivity contribution in [2.75, 3.05) is 20.2 Å². The Morgan fingerprint density at radius 1 is 1.32 bits per heavy atom. The van der Waals surface area contributed by atoms with Crippen LogP contribution in [0.1, 0.15) is 25.0 Å². The number of hydrogen-bond donors (Lipinski definition) is 0. The third kappa shape index (κ3) is 6.41. The van der Waals surface area contributed by atoms with Gasteiger partial charge in [-0.05, 0) is 31.2 Å². The Morgan fingerprint density at radius 3 is 2.40 bits per heavy atom. The Labute approximate surface area is 147 Å². The van der Waals surface area contributed by atoms with E-state index in [-0.39, 0.29) is 12.1 Å². The number of nitro groups is 1. The van der Waals surface area contributed by atoms with Gasteiger partial charge in [-0.15, -0.1) is 0 Å². The normalized spacial score (nSPS) is 12.9. The fourth-order valence-electron chi connectivity index (χ4n) is 2.08. The highest BCUT2D eigenvalue weighted by atomic mass is 28.4. The third-order valence-corrected chi connectivity index (χ3v) is 8.12. The molecule has 0 amide bonds. The van der Waals surface area contributed by atoms with Gasteiger partial charge in [0.2, 0.25) is 0 Å². The van der Waals surface area contributed by atoms with Crippen molar-refractivity contribution in [3.63, 3.8) is 0 Å². The first-order chi connectivity index (χ1) is 11.3. The van der Waals surface area contributed by atoms with Gasteiger partial charge in [-0.1, -0.05) is 19.9 Å². The lowest BCUT2D eigenvalue weighted by atomic mass is 10.1. The molecule has 5 nitrogen and oxygen atoms in total. The number of likely N-dealkylation sites (N-methyl/N-ethyl adjacent to an activating group) is 1. The molecule has 1 rings (SSSR count). The van der Waals surface area contributed by atoms with Crippen molar-refractivity contribution in [3.8, 4) is 0 Å². The van der Waals surface area contributed by atoms with E-state index >= 15 is 0 Å². The maximum Gasteiger partial charge on any atom is 0.416 e. The lowest BCUT2D eigenvalue weighted by molar-refractivity contribution is -0.385. The molecule has 0 heterocycles. The molecule has 142 valence electrons. The summed E-state index contributed by atoms with van der Waals surface area (Å²) in [5, 5.41) is 10.7. The first kappa shape index (κ1) is 21.6. The minimum Gasteiger partial charge on any atom is -0.416 e. The van der Waals surface area contributed by atoms with Crippen LogP contribution in [0.15, 0.2) is 18.2 Å². The van der Waals surface area contributed by atoms with Crippen LogP contribution in [0.25, 0.3) is 0 Å². The Kier molecular flexibility index (Phi) is 7.15. The maximum atomic E-state index is 13.2. The van der Waals surface area contributed by atoms with Gasteiger partial charge in [0.1, 0.15) is 0 Å². The summed E-state index contributed by atoms with van der Waals surface area (Å²) in [7, 11) is -0.0788. The Bertz CT molecular complexity index is 607. The van der Waals surface area contributed by atoms with E-state index in [0.29, 0.717) is 24.8 Å². The van der Waals surface area contributed by atoms with Gasteiger partial charge in [0, 0.05) is 31.8 Å². The smallest absolute Gasteiger partial charge is 0.416 e. The predicted octanol–water partition coefficient (Wildman–Crippen LogP) is 4.68. The molecule has 0 radical (unpaired) electrons. The van der Waals surface area contributed by atoms with Gasteiger partial charge >= 0.3 is 6.18 Å². The standard InChI is InChI=1S/C16H25F3N2O3Si/c1-12(2)25(4,5)24-9-8-20(3)11-13-6-7-14(21(22)23)10-15(13)16(17,18)19/h6-7,10,12H,8-9,11H2,1-5H3. The Balaban J connectivity index is 2.80. The quantitative estimate of drug-likeness (QED) is 0.374. The highest BCUT2D eigenvalue weighted by Crippen LogP contribution is 2.34. The molecule has 0 spiro atoms. The van der Waals surface area contributed by atoms with Crippen molar-refractivity contribution in [1.29, 1.82) is 0 Å². The van der Waals surface area contributed by atoms with Gasteiger partial charge in [0.25, 0.3) is 5.69 Å². The summed E-state index contributed by atoms with van der Waals surface area (Å²) in [6, 6.07) is 2.86. The zero-order chi connectivity index (χ0) is 19.4. The second-order valence-corrected chi connectivity index (χ2v) is 11.6. The van der Waals surface area contributed by atoms with Gasteiger partial charge in [-0.25, -0.2) is 0 Å². The molecule has 0 unspecified atom stereocenters. The van der Waals surface area contributed by atoms with Gasteiger partial charge in [0.15, 0.2) is 8.32 Å². The number of nitrogens with zero attached hydrogens (tertiary/aromatic N) is 2. The van der Waals surface area contributed by atoms with Crippen molar-refractivity contribution in [2.24, 2.45) is 0 Å². The zero-order valence-corrected chi connectivity index (χ0v) is 16.2. The van der Waals surface area contributed by atoms with E-state index in [4.69, 9.17) is 4.43 Å². The van der Waals surface area contributed by atoms with Crippen LogP contribution < -0.4 is 0 Å².